The molecule has 1 aliphatic carbocycles. The Balaban J connectivity index is 2.41. The van der Waals surface area contributed by atoms with E-state index >= 15 is 0 Å². The molecule has 2 atom stereocenters. The van der Waals surface area contributed by atoms with Crippen LogP contribution in [0.3, 0.4) is 0 Å². The van der Waals surface area contributed by atoms with E-state index in [0.717, 1.165) is 27.2 Å². The summed E-state index contributed by atoms with van der Waals surface area (Å²) < 4.78 is -0.458. The molecule has 2 nitrogen and oxygen atoms in total. The molecule has 0 amide bonds. The van der Waals surface area contributed by atoms with Crippen molar-refractivity contribution in [3.63, 3.8) is 0 Å². The molecule has 0 radical (unpaired) electrons. The Kier molecular flexibility index (Phi) is 4.03. The first-order valence-corrected chi connectivity index (χ1v) is 7.59. The highest BCUT2D eigenvalue weighted by Gasteiger charge is 2.36. The van der Waals surface area contributed by atoms with Gasteiger partial charge in [0.05, 0.1) is 15.7 Å². The molecule has 0 bridgehead atoms. The van der Waals surface area contributed by atoms with Gasteiger partial charge in [-0.05, 0) is 57.4 Å². The van der Waals surface area contributed by atoms with E-state index in [9.17, 15) is 10.2 Å². The van der Waals surface area contributed by atoms with Crippen molar-refractivity contribution in [1.29, 1.82) is 0 Å². The molecule has 108 valence electrons. The lowest BCUT2D eigenvalue weighted by Crippen LogP contribution is -2.37. The van der Waals surface area contributed by atoms with Gasteiger partial charge in [0.1, 0.15) is 5.75 Å². The first kappa shape index (κ1) is 15.2. The van der Waals surface area contributed by atoms with Crippen LogP contribution >= 0.6 is 11.8 Å². The standard InChI is InChI=1S/C17H22O2S/c1-10-6-12(3)15(18)14(8-10)20-17(5)9-11(2)7-13(4)16(17)19/h6-9,16,18-19H,1-5H3. The van der Waals surface area contributed by atoms with E-state index in [1.165, 1.54) is 11.8 Å². The first-order valence-electron chi connectivity index (χ1n) is 6.78. The molecule has 0 aliphatic heterocycles. The molecular formula is C17H22O2S. The SMILES string of the molecule is CC1=CC(C)(Sc2cc(C)cc(C)c2O)C(O)C(C)=C1. The predicted molar refractivity (Wildman–Crippen MR) is 85.4 cm³/mol. The zero-order valence-corrected chi connectivity index (χ0v) is 13.5. The van der Waals surface area contributed by atoms with Gasteiger partial charge < -0.3 is 10.2 Å². The normalized spacial score (nSPS) is 26.2. The summed E-state index contributed by atoms with van der Waals surface area (Å²) in [6, 6.07) is 3.94. The van der Waals surface area contributed by atoms with Gasteiger partial charge in [0.2, 0.25) is 0 Å². The van der Waals surface area contributed by atoms with Crippen molar-refractivity contribution in [1.82, 2.24) is 0 Å². The van der Waals surface area contributed by atoms with Crippen LogP contribution in [0.15, 0.2) is 40.3 Å². The third-order valence-corrected chi connectivity index (χ3v) is 5.00. The number of thioether (sulfide) groups is 1. The van der Waals surface area contributed by atoms with Crippen molar-refractivity contribution < 1.29 is 10.2 Å². The summed E-state index contributed by atoms with van der Waals surface area (Å²) in [6.45, 7) is 9.91. The molecule has 3 heteroatoms. The minimum Gasteiger partial charge on any atom is -0.507 e. The molecule has 0 spiro atoms. The number of hydrogen-bond acceptors (Lipinski definition) is 3. The van der Waals surface area contributed by atoms with Gasteiger partial charge in [0.25, 0.3) is 0 Å². The Labute approximate surface area is 125 Å². The Morgan fingerprint density at radius 1 is 1.15 bits per heavy atom. The summed E-state index contributed by atoms with van der Waals surface area (Å²) in [5.74, 6) is 0.312. The number of aliphatic hydroxyl groups excluding tert-OH is 1. The highest BCUT2D eigenvalue weighted by atomic mass is 32.2. The molecule has 0 heterocycles. The summed E-state index contributed by atoms with van der Waals surface area (Å²) in [7, 11) is 0. The molecule has 20 heavy (non-hydrogen) atoms. The zero-order chi connectivity index (χ0) is 15.1. The second-order valence-corrected chi connectivity index (χ2v) is 7.42. The highest BCUT2D eigenvalue weighted by molar-refractivity contribution is 8.01. The Morgan fingerprint density at radius 3 is 2.45 bits per heavy atom. The molecular weight excluding hydrogens is 268 g/mol. The maximum absolute atomic E-state index is 10.5. The Morgan fingerprint density at radius 2 is 1.80 bits per heavy atom. The lowest BCUT2D eigenvalue weighted by Gasteiger charge is -2.35. The number of allylic oxidation sites excluding steroid dienone is 2. The minimum atomic E-state index is -0.545. The molecule has 1 aromatic carbocycles. The second kappa shape index (κ2) is 5.30. The number of benzene rings is 1. The first-order chi connectivity index (χ1) is 9.23. The van der Waals surface area contributed by atoms with Crippen molar-refractivity contribution in [2.45, 2.75) is 50.4 Å². The molecule has 2 unspecified atom stereocenters. The van der Waals surface area contributed by atoms with Gasteiger partial charge in [-0.15, -0.1) is 11.8 Å². The van der Waals surface area contributed by atoms with E-state index in [1.807, 2.05) is 52.8 Å². The minimum absolute atomic E-state index is 0.312. The van der Waals surface area contributed by atoms with Crippen LogP contribution in [0.25, 0.3) is 0 Å². The molecule has 2 N–H and O–H groups in total. The summed E-state index contributed by atoms with van der Waals surface area (Å²) in [6.07, 6.45) is 3.54. The number of aromatic hydroxyl groups is 1. The smallest absolute Gasteiger partial charge is 0.132 e. The van der Waals surface area contributed by atoms with Crippen molar-refractivity contribution in [2.75, 3.05) is 0 Å². The van der Waals surface area contributed by atoms with Crippen LogP contribution in [0.2, 0.25) is 0 Å². The number of phenols is 1. The van der Waals surface area contributed by atoms with Gasteiger partial charge in [-0.25, -0.2) is 0 Å². The van der Waals surface area contributed by atoms with Crippen LogP contribution in [0.1, 0.15) is 31.9 Å². The Bertz CT molecular complexity index is 601. The van der Waals surface area contributed by atoms with Gasteiger partial charge in [0.15, 0.2) is 0 Å². The molecule has 0 fully saturated rings. The van der Waals surface area contributed by atoms with Crippen LogP contribution < -0.4 is 0 Å². The van der Waals surface area contributed by atoms with Gasteiger partial charge in [-0.2, -0.15) is 0 Å². The fourth-order valence-electron chi connectivity index (χ4n) is 2.78. The van der Waals surface area contributed by atoms with Crippen LogP contribution in [-0.4, -0.2) is 21.1 Å². The van der Waals surface area contributed by atoms with E-state index in [4.69, 9.17) is 0 Å². The van der Waals surface area contributed by atoms with E-state index in [0.29, 0.717) is 5.75 Å². The summed E-state index contributed by atoms with van der Waals surface area (Å²) in [5, 5.41) is 20.7. The second-order valence-electron chi connectivity index (χ2n) is 5.89. The summed E-state index contributed by atoms with van der Waals surface area (Å²) in [4.78, 5) is 0.822. The number of rotatable bonds is 2. The summed E-state index contributed by atoms with van der Waals surface area (Å²) >= 11 is 1.52. The fraction of sp³-hybridized carbons (Fsp3) is 0.412. The monoisotopic (exact) mass is 290 g/mol. The average Bonchev–Trinajstić information content (AvgIpc) is 2.32. The maximum Gasteiger partial charge on any atom is 0.132 e. The van der Waals surface area contributed by atoms with Crippen molar-refractivity contribution >= 4 is 11.8 Å². The molecule has 0 saturated heterocycles. The van der Waals surface area contributed by atoms with Crippen LogP contribution in [0.5, 0.6) is 5.75 Å². The highest BCUT2D eigenvalue weighted by Crippen LogP contribution is 2.45. The zero-order valence-electron chi connectivity index (χ0n) is 12.7. The van der Waals surface area contributed by atoms with E-state index in [1.54, 1.807) is 0 Å². The molecule has 1 aromatic rings. The number of aryl methyl sites for hydroxylation is 2. The molecule has 0 aromatic heterocycles. The van der Waals surface area contributed by atoms with Gasteiger partial charge in [-0.3, -0.25) is 0 Å². The van der Waals surface area contributed by atoms with Crippen LogP contribution in [-0.2, 0) is 0 Å². The van der Waals surface area contributed by atoms with Crippen LogP contribution in [0.4, 0.5) is 0 Å². The molecule has 0 saturated carbocycles. The van der Waals surface area contributed by atoms with Gasteiger partial charge >= 0.3 is 0 Å². The Hall–Kier alpha value is -1.19. The number of hydrogen-bond donors (Lipinski definition) is 2. The quantitative estimate of drug-likeness (QED) is 0.860. The largest absolute Gasteiger partial charge is 0.507 e. The van der Waals surface area contributed by atoms with Crippen LogP contribution in [0, 0.1) is 13.8 Å². The lowest BCUT2D eigenvalue weighted by molar-refractivity contribution is 0.186. The van der Waals surface area contributed by atoms with Crippen molar-refractivity contribution in [3.8, 4) is 5.75 Å². The summed E-state index contributed by atoms with van der Waals surface area (Å²) in [5.41, 5.74) is 4.09. The van der Waals surface area contributed by atoms with E-state index < -0.39 is 10.9 Å². The topological polar surface area (TPSA) is 40.5 Å². The average molecular weight is 290 g/mol. The van der Waals surface area contributed by atoms with Crippen molar-refractivity contribution in [2.24, 2.45) is 0 Å². The molecule has 1 aliphatic rings. The predicted octanol–water partition coefficient (Wildman–Crippen LogP) is 4.13. The fourth-order valence-corrected chi connectivity index (χ4v) is 4.30. The molecule has 2 rings (SSSR count). The third kappa shape index (κ3) is 2.79. The van der Waals surface area contributed by atoms with Gasteiger partial charge in [-0.1, -0.05) is 23.8 Å². The maximum atomic E-state index is 10.5. The third-order valence-electron chi connectivity index (χ3n) is 3.68. The van der Waals surface area contributed by atoms with Crippen molar-refractivity contribution in [3.05, 3.63) is 46.6 Å². The number of aliphatic hydroxyl groups is 1. The lowest BCUT2D eigenvalue weighted by atomic mass is 9.89. The van der Waals surface area contributed by atoms with Gasteiger partial charge in [0, 0.05) is 0 Å². The van der Waals surface area contributed by atoms with E-state index in [2.05, 4.69) is 6.08 Å². The van der Waals surface area contributed by atoms with E-state index in [-0.39, 0.29) is 0 Å². The number of phenolic OH excluding ortho intramolecular Hbond substituents is 1.